The van der Waals surface area contributed by atoms with Gasteiger partial charge >= 0.3 is 0 Å². The Morgan fingerprint density at radius 1 is 1.18 bits per heavy atom. The first kappa shape index (κ1) is 15.4. The summed E-state index contributed by atoms with van der Waals surface area (Å²) in [6.07, 6.45) is 1.17. The van der Waals surface area contributed by atoms with Crippen molar-refractivity contribution in [2.45, 2.75) is 0 Å². The molecule has 0 aliphatic carbocycles. The lowest BCUT2D eigenvalue weighted by Gasteiger charge is -2.33. The molecule has 0 atom stereocenters. The fourth-order valence-corrected chi connectivity index (χ4v) is 3.59. The average Bonchev–Trinajstić information content (AvgIpc) is 2.94. The van der Waals surface area contributed by atoms with Gasteiger partial charge in [-0.3, -0.25) is 4.79 Å². The molecule has 0 spiro atoms. The van der Waals surface area contributed by atoms with Gasteiger partial charge in [0.15, 0.2) is 11.5 Å². The molecule has 0 N–H and O–H groups in total. The number of nitrogens with zero attached hydrogens (tertiary/aromatic N) is 2. The molecule has 0 unspecified atom stereocenters. The summed E-state index contributed by atoms with van der Waals surface area (Å²) in [6, 6.07) is 3.14. The van der Waals surface area contributed by atoms with Crippen LogP contribution in [0.3, 0.4) is 0 Å². The van der Waals surface area contributed by atoms with Gasteiger partial charge in [0.2, 0.25) is 16.8 Å². The third-order valence-electron chi connectivity index (χ3n) is 3.67. The summed E-state index contributed by atoms with van der Waals surface area (Å²) in [5.41, 5.74) is 0.405. The molecule has 0 aromatic heterocycles. The SMILES string of the molecule is CS(=O)(=O)N1CCN(C(=O)c2cc(Cl)c3c(c2)OCO3)CC1. The molecule has 2 aliphatic heterocycles. The van der Waals surface area contributed by atoms with E-state index in [2.05, 4.69) is 0 Å². The molecule has 0 bridgehead atoms. The maximum Gasteiger partial charge on any atom is 0.254 e. The first-order valence-electron chi connectivity index (χ1n) is 6.70. The number of rotatable bonds is 2. The van der Waals surface area contributed by atoms with Crippen molar-refractivity contribution < 1.29 is 22.7 Å². The molecule has 1 saturated heterocycles. The van der Waals surface area contributed by atoms with Gasteiger partial charge in [-0.25, -0.2) is 8.42 Å². The molecule has 9 heteroatoms. The molecule has 0 radical (unpaired) electrons. The summed E-state index contributed by atoms with van der Waals surface area (Å²) in [5, 5.41) is 0.327. The predicted molar refractivity (Wildman–Crippen MR) is 79.9 cm³/mol. The number of fused-ring (bicyclic) bond motifs is 1. The van der Waals surface area contributed by atoms with Crippen molar-refractivity contribution in [1.82, 2.24) is 9.21 Å². The van der Waals surface area contributed by atoms with Gasteiger partial charge in [0, 0.05) is 31.7 Å². The van der Waals surface area contributed by atoms with Gasteiger partial charge in [-0.2, -0.15) is 4.31 Å². The number of carbonyl (C=O) groups excluding carboxylic acids is 1. The van der Waals surface area contributed by atoms with E-state index < -0.39 is 10.0 Å². The summed E-state index contributed by atoms with van der Waals surface area (Å²) in [6.45, 7) is 1.36. The number of carbonyl (C=O) groups is 1. The highest BCUT2D eigenvalue weighted by atomic mass is 35.5. The molecule has 120 valence electrons. The minimum absolute atomic E-state index is 0.0831. The number of amides is 1. The van der Waals surface area contributed by atoms with Crippen LogP contribution in [0.2, 0.25) is 5.02 Å². The van der Waals surface area contributed by atoms with Gasteiger partial charge in [0.25, 0.3) is 5.91 Å². The highest BCUT2D eigenvalue weighted by Crippen LogP contribution is 2.40. The van der Waals surface area contributed by atoms with E-state index in [-0.39, 0.29) is 12.7 Å². The van der Waals surface area contributed by atoms with Crippen molar-refractivity contribution in [2.75, 3.05) is 39.2 Å². The zero-order chi connectivity index (χ0) is 15.9. The van der Waals surface area contributed by atoms with Crippen LogP contribution in [-0.4, -0.2) is 62.8 Å². The first-order valence-corrected chi connectivity index (χ1v) is 8.92. The standard InChI is InChI=1S/C13H15ClN2O5S/c1-22(18,19)16-4-2-15(3-5-16)13(17)9-6-10(14)12-11(7-9)20-8-21-12/h6-7H,2-5,8H2,1H3. The number of halogens is 1. The molecular weight excluding hydrogens is 332 g/mol. The number of benzene rings is 1. The monoisotopic (exact) mass is 346 g/mol. The Kier molecular flexibility index (Phi) is 3.92. The maximum absolute atomic E-state index is 12.5. The minimum atomic E-state index is -3.22. The Bertz CT molecular complexity index is 713. The third-order valence-corrected chi connectivity index (χ3v) is 5.25. The smallest absolute Gasteiger partial charge is 0.254 e. The first-order chi connectivity index (χ1) is 10.4. The average molecular weight is 347 g/mol. The van der Waals surface area contributed by atoms with Gasteiger partial charge in [0.1, 0.15) is 0 Å². The van der Waals surface area contributed by atoms with Gasteiger partial charge in [-0.15, -0.1) is 0 Å². The molecule has 3 rings (SSSR count). The Balaban J connectivity index is 1.75. The van der Waals surface area contributed by atoms with Gasteiger partial charge < -0.3 is 14.4 Å². The molecular formula is C13H15ClN2O5S. The molecule has 1 fully saturated rings. The van der Waals surface area contributed by atoms with Crippen LogP contribution in [0.25, 0.3) is 0 Å². The summed E-state index contributed by atoms with van der Waals surface area (Å²) in [5.74, 6) is 0.694. The topological polar surface area (TPSA) is 76.2 Å². The number of hydrogen-bond acceptors (Lipinski definition) is 5. The minimum Gasteiger partial charge on any atom is -0.454 e. The predicted octanol–water partition coefficient (Wildman–Crippen LogP) is 0.786. The molecule has 0 saturated carbocycles. The Hall–Kier alpha value is -1.51. The summed E-state index contributed by atoms with van der Waals surface area (Å²) in [7, 11) is -3.22. The van der Waals surface area contributed by atoms with Gasteiger partial charge in [0.05, 0.1) is 11.3 Å². The van der Waals surface area contributed by atoms with E-state index in [4.69, 9.17) is 21.1 Å². The molecule has 22 heavy (non-hydrogen) atoms. The lowest BCUT2D eigenvalue weighted by molar-refractivity contribution is 0.0698. The maximum atomic E-state index is 12.5. The van der Waals surface area contributed by atoms with Crippen molar-refractivity contribution in [3.8, 4) is 11.5 Å². The number of piperazine rings is 1. The fraction of sp³-hybridized carbons (Fsp3) is 0.462. The van der Waals surface area contributed by atoms with E-state index >= 15 is 0 Å². The second kappa shape index (κ2) is 5.60. The molecule has 7 nitrogen and oxygen atoms in total. The summed E-state index contributed by atoms with van der Waals surface area (Å²) < 4.78 is 34.8. The van der Waals surface area contributed by atoms with Crippen LogP contribution in [0.15, 0.2) is 12.1 Å². The highest BCUT2D eigenvalue weighted by molar-refractivity contribution is 7.88. The second-order valence-electron chi connectivity index (χ2n) is 5.15. The van der Waals surface area contributed by atoms with Crippen LogP contribution < -0.4 is 9.47 Å². The van der Waals surface area contributed by atoms with Crippen LogP contribution in [0.1, 0.15) is 10.4 Å². The van der Waals surface area contributed by atoms with E-state index in [1.165, 1.54) is 10.6 Å². The van der Waals surface area contributed by atoms with Crippen LogP contribution in [0, 0.1) is 0 Å². The Morgan fingerprint density at radius 3 is 2.50 bits per heavy atom. The quantitative estimate of drug-likeness (QED) is 0.791. The summed E-state index contributed by atoms with van der Waals surface area (Å²) in [4.78, 5) is 14.1. The molecule has 1 amide bonds. The fourth-order valence-electron chi connectivity index (χ4n) is 2.50. The van der Waals surface area contributed by atoms with Crippen LogP contribution >= 0.6 is 11.6 Å². The third kappa shape index (κ3) is 2.86. The van der Waals surface area contributed by atoms with E-state index in [0.717, 1.165) is 0 Å². The van der Waals surface area contributed by atoms with Crippen molar-refractivity contribution >= 4 is 27.5 Å². The molecule has 1 aromatic carbocycles. The van der Waals surface area contributed by atoms with Gasteiger partial charge in [-0.05, 0) is 12.1 Å². The Labute approximate surface area is 133 Å². The van der Waals surface area contributed by atoms with E-state index in [9.17, 15) is 13.2 Å². The molecule has 2 aliphatic rings. The Morgan fingerprint density at radius 2 is 1.86 bits per heavy atom. The largest absolute Gasteiger partial charge is 0.454 e. The molecule has 2 heterocycles. The van der Waals surface area contributed by atoms with Crippen molar-refractivity contribution in [3.63, 3.8) is 0 Å². The molecule has 1 aromatic rings. The van der Waals surface area contributed by atoms with Crippen LogP contribution in [0.4, 0.5) is 0 Å². The summed E-state index contributed by atoms with van der Waals surface area (Å²) >= 11 is 6.08. The van der Waals surface area contributed by atoms with Crippen molar-refractivity contribution in [3.05, 3.63) is 22.7 Å². The highest BCUT2D eigenvalue weighted by Gasteiger charge is 2.28. The van der Waals surface area contributed by atoms with E-state index in [1.54, 1.807) is 17.0 Å². The van der Waals surface area contributed by atoms with E-state index in [0.29, 0.717) is 48.3 Å². The number of sulfonamides is 1. The van der Waals surface area contributed by atoms with Crippen molar-refractivity contribution in [2.24, 2.45) is 0 Å². The number of ether oxygens (including phenoxy) is 2. The van der Waals surface area contributed by atoms with E-state index in [1.807, 2.05) is 0 Å². The van der Waals surface area contributed by atoms with Gasteiger partial charge in [-0.1, -0.05) is 11.6 Å². The number of hydrogen-bond donors (Lipinski definition) is 0. The van der Waals surface area contributed by atoms with Crippen LogP contribution in [-0.2, 0) is 10.0 Å². The second-order valence-corrected chi connectivity index (χ2v) is 7.54. The van der Waals surface area contributed by atoms with Crippen molar-refractivity contribution in [1.29, 1.82) is 0 Å². The zero-order valence-electron chi connectivity index (χ0n) is 11.9. The lowest BCUT2D eigenvalue weighted by Crippen LogP contribution is -2.50. The zero-order valence-corrected chi connectivity index (χ0v) is 13.5. The van der Waals surface area contributed by atoms with Crippen LogP contribution in [0.5, 0.6) is 11.5 Å². The lowest BCUT2D eigenvalue weighted by atomic mass is 10.1. The normalized spacial score (nSPS) is 18.5.